The molecule has 0 bridgehead atoms. The summed E-state index contributed by atoms with van der Waals surface area (Å²) in [5.74, 6) is -0.839. The number of aryl methyl sites for hydroxylation is 1. The minimum absolute atomic E-state index is 0.0932. The number of phenols is 1. The summed E-state index contributed by atoms with van der Waals surface area (Å²) in [5.41, 5.74) is 4.47. The first kappa shape index (κ1) is 31.6. The largest absolute Gasteiger partial charge is 0.507 e. The van der Waals surface area contributed by atoms with Crippen molar-refractivity contribution in [2.24, 2.45) is 10.2 Å². The molecule has 0 spiro atoms. The van der Waals surface area contributed by atoms with Gasteiger partial charge in [0, 0.05) is 6.07 Å². The Balaban J connectivity index is 2.12. The van der Waals surface area contributed by atoms with Crippen LogP contribution in [0.15, 0.2) is 61.3 Å². The van der Waals surface area contributed by atoms with Crippen molar-refractivity contribution >= 4 is 70.5 Å². The molecule has 7 N–H and O–H groups in total. The Morgan fingerprint density at radius 3 is 2.15 bits per heavy atom. The number of phenolic OH excluding ortho intramolecular Hbond substituents is 1. The van der Waals surface area contributed by atoms with Crippen LogP contribution in [0.4, 0.5) is 17.1 Å². The first-order valence-corrected chi connectivity index (χ1v) is 15.4. The van der Waals surface area contributed by atoms with E-state index in [0.717, 1.165) is 24.3 Å². The molecule has 0 fully saturated rings. The van der Waals surface area contributed by atoms with Gasteiger partial charge in [-0.2, -0.15) is 25.3 Å². The molecule has 0 saturated carbocycles. The maximum absolute atomic E-state index is 12.0. The molecule has 0 aliphatic heterocycles. The maximum atomic E-state index is 12.0. The average molecular weight is 642 g/mol. The monoisotopic (exact) mass is 641 g/mol. The predicted molar refractivity (Wildman–Crippen MR) is 137 cm³/mol. The van der Waals surface area contributed by atoms with E-state index in [9.17, 15) is 44.0 Å². The summed E-state index contributed by atoms with van der Waals surface area (Å²) in [4.78, 5) is -2.48. The van der Waals surface area contributed by atoms with Gasteiger partial charge >= 0.3 is 0 Å². The maximum Gasteiger partial charge on any atom is 0.296 e. The Hall–Kier alpha value is -2.96. The zero-order chi connectivity index (χ0) is 29.9. The Morgan fingerprint density at radius 2 is 1.55 bits per heavy atom. The highest BCUT2D eigenvalue weighted by Crippen LogP contribution is 2.44. The van der Waals surface area contributed by atoms with Gasteiger partial charge in [0.1, 0.15) is 26.9 Å². The molecule has 0 radical (unpaired) electrons. The molecule has 0 heterocycles. The summed E-state index contributed by atoms with van der Waals surface area (Å²) in [5, 5.41) is 28.6. The van der Waals surface area contributed by atoms with E-state index in [2.05, 4.69) is 19.6 Å². The van der Waals surface area contributed by atoms with Crippen molar-refractivity contribution in [3.63, 3.8) is 0 Å². The van der Waals surface area contributed by atoms with Gasteiger partial charge in [0.2, 0.25) is 0 Å². The molecule has 0 aliphatic carbocycles. The lowest BCUT2D eigenvalue weighted by Gasteiger charge is -2.12. The lowest BCUT2D eigenvalue weighted by Crippen LogP contribution is -2.04. The van der Waals surface area contributed by atoms with Crippen molar-refractivity contribution in [1.29, 1.82) is 0 Å². The van der Waals surface area contributed by atoms with E-state index in [1.165, 1.54) is 6.07 Å². The van der Waals surface area contributed by atoms with Crippen LogP contribution in [0.5, 0.6) is 5.75 Å². The highest BCUT2D eigenvalue weighted by molar-refractivity contribution is 7.89. The predicted octanol–water partition coefficient (Wildman–Crippen LogP) is 3.22. The van der Waals surface area contributed by atoms with Gasteiger partial charge in [-0.3, -0.25) is 17.8 Å². The number of fused-ring (bicyclic) bond motifs is 1. The second kappa shape index (κ2) is 12.3. The van der Waals surface area contributed by atoms with E-state index >= 15 is 0 Å². The molecular weight excluding hydrogens is 622 g/mol. The van der Waals surface area contributed by atoms with E-state index in [1.54, 1.807) is 0 Å². The van der Waals surface area contributed by atoms with Crippen molar-refractivity contribution in [2.45, 2.75) is 27.5 Å². The zero-order valence-electron chi connectivity index (χ0n) is 19.6. The number of azo groups is 1. The Labute approximate surface area is 230 Å². The van der Waals surface area contributed by atoms with Crippen LogP contribution in [-0.4, -0.2) is 55.9 Å². The van der Waals surface area contributed by atoms with Gasteiger partial charge in [0.05, 0.1) is 22.6 Å². The van der Waals surface area contributed by atoms with Crippen LogP contribution >= 0.6 is 12.3 Å². The Bertz CT molecular complexity index is 1790. The second-order valence-corrected chi connectivity index (χ2v) is 12.5. The minimum Gasteiger partial charge on any atom is -0.507 e. The van der Waals surface area contributed by atoms with Gasteiger partial charge in [-0.25, -0.2) is 5.26 Å². The Morgan fingerprint density at radius 1 is 0.875 bits per heavy atom. The quantitative estimate of drug-likeness (QED) is 0.0315. The summed E-state index contributed by atoms with van der Waals surface area (Å²) in [6.07, 6.45) is 0.585. The van der Waals surface area contributed by atoms with E-state index in [1.807, 2.05) is 0 Å². The van der Waals surface area contributed by atoms with Crippen molar-refractivity contribution in [2.75, 3.05) is 12.3 Å². The number of benzene rings is 3. The molecule has 218 valence electrons. The van der Waals surface area contributed by atoms with Gasteiger partial charge in [-0.05, 0) is 48.1 Å². The SMILES string of the molecule is Nc1c(S(=O)(=O)O)cc2cc(S(=O)(=O)O)cc(O)c2c1/N=N/c1ccc(CCCOSOOO)cc1S(=O)(=O)O. The fraction of sp³-hybridized carbons (Fsp3) is 0.158. The number of anilines is 1. The molecule has 0 amide bonds. The summed E-state index contributed by atoms with van der Waals surface area (Å²) < 4.78 is 109. The normalized spacial score (nSPS) is 12.9. The molecule has 40 heavy (non-hydrogen) atoms. The first-order valence-electron chi connectivity index (χ1n) is 10.4. The van der Waals surface area contributed by atoms with Gasteiger partial charge < -0.3 is 10.8 Å². The fourth-order valence-corrected chi connectivity index (χ4v) is 5.55. The molecule has 0 unspecified atom stereocenters. The van der Waals surface area contributed by atoms with Gasteiger partial charge in [0.15, 0.2) is 12.3 Å². The van der Waals surface area contributed by atoms with Gasteiger partial charge in [0.25, 0.3) is 30.4 Å². The molecule has 21 heteroatoms. The zero-order valence-corrected chi connectivity index (χ0v) is 22.9. The van der Waals surface area contributed by atoms with E-state index < -0.39 is 67.9 Å². The number of rotatable bonds is 12. The minimum atomic E-state index is -5.04. The van der Waals surface area contributed by atoms with Crippen LogP contribution in [0.1, 0.15) is 12.0 Å². The van der Waals surface area contributed by atoms with Crippen molar-refractivity contribution in [1.82, 2.24) is 0 Å². The summed E-state index contributed by atoms with van der Waals surface area (Å²) >= 11 is 0.351. The molecule has 3 aromatic rings. The number of nitrogen functional groups attached to an aromatic ring is 1. The third-order valence-electron chi connectivity index (χ3n) is 5.10. The highest BCUT2D eigenvalue weighted by Gasteiger charge is 2.24. The number of nitrogens with zero attached hydrogens (tertiary/aromatic N) is 2. The van der Waals surface area contributed by atoms with Crippen molar-refractivity contribution in [3.05, 3.63) is 42.0 Å². The van der Waals surface area contributed by atoms with E-state index in [0.29, 0.717) is 30.4 Å². The van der Waals surface area contributed by atoms with Crippen LogP contribution in [0.3, 0.4) is 0 Å². The topological polar surface area (TPSA) is 282 Å². The second-order valence-electron chi connectivity index (χ2n) is 7.74. The molecule has 17 nitrogen and oxygen atoms in total. The first-order chi connectivity index (χ1) is 18.5. The molecule has 0 atom stereocenters. The lowest BCUT2D eigenvalue weighted by atomic mass is 10.1. The summed E-state index contributed by atoms with van der Waals surface area (Å²) in [7, 11) is -14.8. The number of hydrogen-bond acceptors (Lipinski definition) is 15. The van der Waals surface area contributed by atoms with Crippen molar-refractivity contribution in [3.8, 4) is 5.75 Å². The number of aromatic hydroxyl groups is 1. The molecule has 0 aromatic heterocycles. The summed E-state index contributed by atoms with van der Waals surface area (Å²) in [6.45, 7) is 0.0932. The van der Waals surface area contributed by atoms with Crippen LogP contribution in [0, 0.1) is 0 Å². The number of nitrogens with two attached hydrogens (primary N) is 1. The fourth-order valence-electron chi connectivity index (χ4n) is 3.44. The van der Waals surface area contributed by atoms with E-state index in [4.69, 9.17) is 15.2 Å². The van der Waals surface area contributed by atoms with Gasteiger partial charge in [-0.1, -0.05) is 11.1 Å². The van der Waals surface area contributed by atoms with E-state index in [-0.39, 0.29) is 23.8 Å². The summed E-state index contributed by atoms with van der Waals surface area (Å²) in [6, 6.07) is 5.76. The molecular formula is C19H19N3O14S4. The van der Waals surface area contributed by atoms with Crippen LogP contribution in [0.25, 0.3) is 10.8 Å². The Kier molecular flexibility index (Phi) is 9.69. The molecule has 3 aromatic carbocycles. The lowest BCUT2D eigenvalue weighted by molar-refractivity contribution is -0.434. The van der Waals surface area contributed by atoms with Gasteiger partial charge in [-0.15, -0.1) is 14.6 Å². The third-order valence-corrected chi connectivity index (χ3v) is 8.09. The smallest absolute Gasteiger partial charge is 0.296 e. The number of hydrogen-bond donors (Lipinski definition) is 6. The molecule has 0 saturated heterocycles. The standard InChI is InChI=1S/C19H19N3O14S4/c20-18-16(40(31,32)33)8-11-7-12(38(25,26)27)9-14(23)17(11)19(18)22-21-13-4-3-10(6-15(13)39(28,29)30)2-1-5-34-37-36-35-24/h3-4,6-9,23-24H,1-2,5,20H2,(H,25,26,27)(H,28,29,30)(H,31,32,33)/b22-21+. The molecule has 3 rings (SSSR count). The average Bonchev–Trinajstić information content (AvgIpc) is 2.84. The van der Waals surface area contributed by atoms with Crippen LogP contribution in [-0.2, 0) is 50.3 Å². The van der Waals surface area contributed by atoms with Crippen molar-refractivity contribution < 1.29 is 62.8 Å². The third kappa shape index (κ3) is 7.61. The molecule has 0 aliphatic rings. The van der Waals surface area contributed by atoms with Crippen LogP contribution < -0.4 is 5.73 Å². The highest BCUT2D eigenvalue weighted by atomic mass is 32.2. The van der Waals surface area contributed by atoms with Crippen LogP contribution in [0.2, 0.25) is 0 Å².